The van der Waals surface area contributed by atoms with Crippen LogP contribution < -0.4 is 0 Å². The maximum Gasteiger partial charge on any atom is 0.329 e. The summed E-state index contributed by atoms with van der Waals surface area (Å²) in [4.78, 5) is 36.3. The molecule has 3 rings (SSSR count). The fraction of sp³-hybridized carbons (Fsp3) is 0.333. The van der Waals surface area contributed by atoms with E-state index >= 15 is 0 Å². The molecule has 1 unspecified atom stereocenters. The molecule has 7 nitrogen and oxygen atoms in total. The number of aliphatic carboxylic acids is 1. The van der Waals surface area contributed by atoms with Gasteiger partial charge in [-0.25, -0.2) is 4.79 Å². The number of amides is 1. The quantitative estimate of drug-likeness (QED) is 0.687. The molecule has 23 heavy (non-hydrogen) atoms. The van der Waals surface area contributed by atoms with Crippen LogP contribution in [0.2, 0.25) is 0 Å². The fourth-order valence-electron chi connectivity index (χ4n) is 2.89. The molecular formula is C15H14N2O5S. The number of carboxylic acids is 1. The van der Waals surface area contributed by atoms with Gasteiger partial charge in [-0.15, -0.1) is 11.3 Å². The molecule has 1 N–H and O–H groups in total. The first-order valence-electron chi connectivity index (χ1n) is 7.06. The van der Waals surface area contributed by atoms with Crippen LogP contribution in [0.3, 0.4) is 0 Å². The van der Waals surface area contributed by atoms with Gasteiger partial charge in [0.1, 0.15) is 5.54 Å². The van der Waals surface area contributed by atoms with Crippen molar-refractivity contribution in [2.45, 2.75) is 25.3 Å². The molecule has 1 saturated heterocycles. The van der Waals surface area contributed by atoms with E-state index in [-0.39, 0.29) is 11.6 Å². The first-order chi connectivity index (χ1) is 10.8. The van der Waals surface area contributed by atoms with Gasteiger partial charge < -0.3 is 10.0 Å². The molecule has 0 radical (unpaired) electrons. The number of nitro groups is 1. The van der Waals surface area contributed by atoms with Gasteiger partial charge >= 0.3 is 5.97 Å². The van der Waals surface area contributed by atoms with Gasteiger partial charge in [-0.3, -0.25) is 14.9 Å². The van der Waals surface area contributed by atoms with Gasteiger partial charge in [-0.1, -0.05) is 0 Å². The number of carboxylic acid groups (broad SMARTS) is 1. The Bertz CT molecular complexity index is 830. The summed E-state index contributed by atoms with van der Waals surface area (Å²) in [5, 5.41) is 20.8. The average Bonchev–Trinajstić information content (AvgIpc) is 3.09. The minimum absolute atomic E-state index is 0.0363. The molecule has 0 bridgehead atoms. The van der Waals surface area contributed by atoms with Gasteiger partial charge in [0.15, 0.2) is 0 Å². The highest BCUT2D eigenvalue weighted by Gasteiger charge is 2.46. The van der Waals surface area contributed by atoms with E-state index in [0.29, 0.717) is 29.6 Å². The number of carbonyl (C=O) groups excluding carboxylic acids is 1. The van der Waals surface area contributed by atoms with E-state index in [1.54, 1.807) is 19.1 Å². The highest BCUT2D eigenvalue weighted by Crippen LogP contribution is 2.34. The Hall–Kier alpha value is -2.48. The third-order valence-electron chi connectivity index (χ3n) is 4.27. The summed E-state index contributed by atoms with van der Waals surface area (Å²) in [7, 11) is 0. The lowest BCUT2D eigenvalue weighted by Gasteiger charge is -2.30. The van der Waals surface area contributed by atoms with Crippen LogP contribution in [0.25, 0.3) is 10.1 Å². The predicted octanol–water partition coefficient (Wildman–Crippen LogP) is 2.89. The number of carbonyl (C=O) groups is 2. The summed E-state index contributed by atoms with van der Waals surface area (Å²) in [6.07, 6.45) is 1.06. The van der Waals surface area contributed by atoms with Crippen LogP contribution >= 0.6 is 11.3 Å². The van der Waals surface area contributed by atoms with E-state index in [0.717, 1.165) is 4.70 Å². The van der Waals surface area contributed by atoms with E-state index in [9.17, 15) is 24.8 Å². The zero-order valence-electron chi connectivity index (χ0n) is 12.3. The summed E-state index contributed by atoms with van der Waals surface area (Å²) in [5.41, 5.74) is -1.23. The van der Waals surface area contributed by atoms with Crippen molar-refractivity contribution in [2.24, 2.45) is 0 Å². The normalized spacial score (nSPS) is 20.8. The van der Waals surface area contributed by atoms with Crippen LogP contribution in [0.15, 0.2) is 24.3 Å². The van der Waals surface area contributed by atoms with E-state index in [1.807, 2.05) is 0 Å². The summed E-state index contributed by atoms with van der Waals surface area (Å²) in [6.45, 7) is 1.95. The van der Waals surface area contributed by atoms with E-state index in [2.05, 4.69) is 0 Å². The standard InChI is InChI=1S/C15H14N2O5S/c1-15(14(19)20)5-2-6-16(15)13(18)12-8-9-7-10(17(21)22)3-4-11(9)23-12/h3-4,7-8H,2,5-6H2,1H3,(H,19,20). The molecule has 1 amide bonds. The smallest absolute Gasteiger partial charge is 0.329 e. The van der Waals surface area contributed by atoms with Gasteiger partial charge in [-0.05, 0) is 31.9 Å². The lowest BCUT2D eigenvalue weighted by molar-refractivity contribution is -0.384. The van der Waals surface area contributed by atoms with Crippen molar-refractivity contribution < 1.29 is 19.6 Å². The summed E-state index contributed by atoms with van der Waals surface area (Å²) >= 11 is 1.22. The Morgan fingerprint density at radius 3 is 2.78 bits per heavy atom. The zero-order valence-corrected chi connectivity index (χ0v) is 13.1. The first kappa shape index (κ1) is 15.4. The highest BCUT2D eigenvalue weighted by atomic mass is 32.1. The number of hydrogen-bond donors (Lipinski definition) is 1. The van der Waals surface area contributed by atoms with Crippen LogP contribution in [0.4, 0.5) is 5.69 Å². The zero-order chi connectivity index (χ0) is 16.8. The number of nitrogens with zero attached hydrogens (tertiary/aromatic N) is 2. The lowest BCUT2D eigenvalue weighted by Crippen LogP contribution is -2.50. The molecule has 8 heteroatoms. The predicted molar refractivity (Wildman–Crippen MR) is 84.8 cm³/mol. The average molecular weight is 334 g/mol. The number of hydrogen-bond acceptors (Lipinski definition) is 5. The molecule has 0 aliphatic carbocycles. The van der Waals surface area contributed by atoms with E-state index < -0.39 is 16.4 Å². The molecule has 0 spiro atoms. The van der Waals surface area contributed by atoms with Crippen molar-refractivity contribution in [3.63, 3.8) is 0 Å². The largest absolute Gasteiger partial charge is 0.480 e. The molecule has 2 heterocycles. The summed E-state index contributed by atoms with van der Waals surface area (Å²) in [5.74, 6) is -1.35. The summed E-state index contributed by atoms with van der Waals surface area (Å²) < 4.78 is 0.759. The Morgan fingerprint density at radius 1 is 1.39 bits per heavy atom. The minimum atomic E-state index is -1.20. The Labute approximate surface area is 135 Å². The lowest BCUT2D eigenvalue weighted by atomic mass is 9.99. The second-order valence-electron chi connectivity index (χ2n) is 5.73. The number of rotatable bonds is 3. The van der Waals surface area contributed by atoms with E-state index in [1.165, 1.54) is 28.4 Å². The minimum Gasteiger partial charge on any atom is -0.480 e. The van der Waals surface area contributed by atoms with Gasteiger partial charge in [-0.2, -0.15) is 0 Å². The first-order valence-corrected chi connectivity index (χ1v) is 7.88. The van der Waals surface area contributed by atoms with Gasteiger partial charge in [0, 0.05) is 28.8 Å². The topological polar surface area (TPSA) is 101 Å². The summed E-state index contributed by atoms with van der Waals surface area (Å²) in [6, 6.07) is 6.01. The van der Waals surface area contributed by atoms with Gasteiger partial charge in [0.25, 0.3) is 11.6 Å². The molecule has 120 valence electrons. The van der Waals surface area contributed by atoms with Crippen molar-refractivity contribution in [3.8, 4) is 0 Å². The highest BCUT2D eigenvalue weighted by molar-refractivity contribution is 7.20. The molecule has 1 aromatic heterocycles. The molecule has 0 saturated carbocycles. The fourth-order valence-corrected chi connectivity index (χ4v) is 3.89. The van der Waals surface area contributed by atoms with Crippen LogP contribution in [0.5, 0.6) is 0 Å². The number of likely N-dealkylation sites (tertiary alicyclic amines) is 1. The number of fused-ring (bicyclic) bond motifs is 1. The second kappa shape index (κ2) is 5.31. The molecule has 1 aliphatic heterocycles. The van der Waals surface area contributed by atoms with Gasteiger partial charge in [0.2, 0.25) is 0 Å². The number of benzene rings is 1. The monoisotopic (exact) mass is 334 g/mol. The van der Waals surface area contributed by atoms with Crippen molar-refractivity contribution >= 4 is 39.0 Å². The second-order valence-corrected chi connectivity index (χ2v) is 6.81. The Morgan fingerprint density at radius 2 is 2.13 bits per heavy atom. The Kier molecular flexibility index (Phi) is 3.56. The Balaban J connectivity index is 1.98. The van der Waals surface area contributed by atoms with Crippen molar-refractivity contribution in [3.05, 3.63) is 39.3 Å². The molecule has 1 aliphatic rings. The van der Waals surface area contributed by atoms with Crippen molar-refractivity contribution in [2.75, 3.05) is 6.54 Å². The molecule has 1 aromatic carbocycles. The number of thiophene rings is 1. The third-order valence-corrected chi connectivity index (χ3v) is 5.37. The SMILES string of the molecule is CC1(C(=O)O)CCCN1C(=O)c1cc2cc([N+](=O)[O-])ccc2s1. The van der Waals surface area contributed by atoms with E-state index in [4.69, 9.17) is 0 Å². The van der Waals surface area contributed by atoms with Crippen LogP contribution in [0, 0.1) is 10.1 Å². The van der Waals surface area contributed by atoms with Crippen LogP contribution in [0.1, 0.15) is 29.4 Å². The van der Waals surface area contributed by atoms with Crippen LogP contribution in [-0.2, 0) is 4.79 Å². The third kappa shape index (κ3) is 2.44. The van der Waals surface area contributed by atoms with Crippen molar-refractivity contribution in [1.29, 1.82) is 0 Å². The molecule has 2 aromatic rings. The molecular weight excluding hydrogens is 320 g/mol. The molecule has 1 atom stereocenters. The maximum absolute atomic E-state index is 12.7. The molecule has 1 fully saturated rings. The number of nitro benzene ring substituents is 1. The van der Waals surface area contributed by atoms with Gasteiger partial charge in [0.05, 0.1) is 9.80 Å². The van der Waals surface area contributed by atoms with Crippen LogP contribution in [-0.4, -0.2) is 38.9 Å². The maximum atomic E-state index is 12.7. The number of non-ortho nitro benzene ring substituents is 1. The van der Waals surface area contributed by atoms with Crippen molar-refractivity contribution in [1.82, 2.24) is 4.90 Å².